The predicted octanol–water partition coefficient (Wildman–Crippen LogP) is -7.60. The zero-order valence-electron chi connectivity index (χ0n) is 4.56. The van der Waals surface area contributed by atoms with Gasteiger partial charge in [-0.05, 0) is 0 Å². The summed E-state index contributed by atoms with van der Waals surface area (Å²) in [4.78, 5) is 20.4. The average Bonchev–Trinajstić information content (AvgIpc) is 1.87. The number of hydrogen-bond acceptors (Lipinski definition) is 2. The lowest BCUT2D eigenvalue weighted by Crippen LogP contribution is -3.00. The van der Waals surface area contributed by atoms with Gasteiger partial charge in [0.25, 0.3) is 0 Å². The number of hydrogen-bond donors (Lipinski definition) is 1. The third-order valence-electron chi connectivity index (χ3n) is 0.940. The molecule has 2 amide bonds. The van der Waals surface area contributed by atoms with Crippen LogP contribution in [0.25, 0.3) is 0 Å². The quantitative estimate of drug-likeness (QED) is 0.368. The molecule has 5 heteroatoms. The third-order valence-corrected chi connectivity index (χ3v) is 0.940. The molecule has 9 heavy (non-hydrogen) atoms. The van der Waals surface area contributed by atoms with Gasteiger partial charge >= 0.3 is 11.8 Å². The van der Waals surface area contributed by atoms with E-state index >= 15 is 0 Å². The van der Waals surface area contributed by atoms with Crippen molar-refractivity contribution in [3.8, 4) is 0 Å². The van der Waals surface area contributed by atoms with Crippen molar-refractivity contribution in [1.29, 1.82) is 0 Å². The van der Waals surface area contributed by atoms with E-state index in [0.29, 0.717) is 12.8 Å². The van der Waals surface area contributed by atoms with Gasteiger partial charge in [0, 0.05) is 0 Å². The fourth-order valence-corrected chi connectivity index (χ4v) is 0.570. The van der Waals surface area contributed by atoms with Gasteiger partial charge in [-0.3, -0.25) is 0 Å². The van der Waals surface area contributed by atoms with Crippen molar-refractivity contribution in [2.24, 2.45) is 0 Å². The Bertz CT molecular complexity index is 112. The fourth-order valence-electron chi connectivity index (χ4n) is 0.570. The molecule has 1 fully saturated rings. The second kappa shape index (κ2) is 4.73. The fraction of sp³-hybridized carbons (Fsp3) is 0.500. The summed E-state index contributed by atoms with van der Waals surface area (Å²) >= 11 is 0. The monoisotopic (exact) mass is 170 g/mol. The first kappa shape index (κ1) is 11.6. The lowest BCUT2D eigenvalue weighted by Gasteiger charge is -1.71. The highest BCUT2D eigenvalue weighted by Gasteiger charge is 2.22. The highest BCUT2D eigenvalue weighted by molar-refractivity contribution is 5.86. The Morgan fingerprint density at radius 1 is 1.00 bits per heavy atom. The van der Waals surface area contributed by atoms with E-state index in [2.05, 4.69) is 0 Å². The summed E-state index contributed by atoms with van der Waals surface area (Å²) < 4.78 is 0. The molecule has 2 N–H and O–H groups in total. The van der Waals surface area contributed by atoms with E-state index in [1.54, 1.807) is 0 Å². The average molecular weight is 171 g/mol. The van der Waals surface area contributed by atoms with Gasteiger partial charge in [0.1, 0.15) is 0 Å². The number of quaternary nitrogens is 1. The number of nitrogens with two attached hydrogens (primary N) is 1. The Kier molecular flexibility index (Phi) is 6.12. The molecular formula is C4H6Cl2NO2-. The largest absolute Gasteiger partial charge is 1.00 e. The van der Waals surface area contributed by atoms with E-state index in [9.17, 15) is 9.59 Å². The highest BCUT2D eigenvalue weighted by Crippen LogP contribution is 1.87. The van der Waals surface area contributed by atoms with E-state index in [4.69, 9.17) is 0 Å². The molecule has 0 aromatic rings. The highest BCUT2D eigenvalue weighted by atomic mass is 35.5. The van der Waals surface area contributed by atoms with E-state index < -0.39 is 0 Å². The minimum atomic E-state index is -0.0231. The van der Waals surface area contributed by atoms with Crippen LogP contribution < -0.4 is 30.1 Å². The number of primary amides is 2. The molecule has 1 heterocycles. The molecule has 1 aliphatic heterocycles. The Hall–Kier alpha value is -0.120. The Morgan fingerprint density at radius 3 is 1.44 bits per heavy atom. The summed E-state index contributed by atoms with van der Waals surface area (Å²) in [6.45, 7) is 0. The van der Waals surface area contributed by atoms with Gasteiger partial charge in [0.05, 0.1) is 12.8 Å². The molecule has 0 unspecified atom stereocenters. The first-order chi connectivity index (χ1) is 3.29. The van der Waals surface area contributed by atoms with E-state index in [1.807, 2.05) is 0 Å². The van der Waals surface area contributed by atoms with Crippen LogP contribution in [-0.4, -0.2) is 11.8 Å². The van der Waals surface area contributed by atoms with Gasteiger partial charge < -0.3 is 24.8 Å². The van der Waals surface area contributed by atoms with Gasteiger partial charge in [-0.2, -0.15) is 0 Å². The van der Waals surface area contributed by atoms with Gasteiger partial charge in [0.2, 0.25) is 0 Å². The molecule has 1 rings (SSSR count). The first-order valence-corrected chi connectivity index (χ1v) is 2.19. The smallest absolute Gasteiger partial charge is 0.318 e. The Labute approximate surface area is 65.0 Å². The maximum absolute atomic E-state index is 10.2. The normalized spacial score (nSPS) is 16.4. The lowest BCUT2D eigenvalue weighted by atomic mass is 10.4. The maximum Gasteiger partial charge on any atom is 0.318 e. The van der Waals surface area contributed by atoms with Crippen molar-refractivity contribution < 1.29 is 39.7 Å². The van der Waals surface area contributed by atoms with Crippen LogP contribution in [0.3, 0.4) is 0 Å². The zero-order valence-corrected chi connectivity index (χ0v) is 6.08. The van der Waals surface area contributed by atoms with Crippen molar-refractivity contribution in [2.75, 3.05) is 0 Å². The molecular weight excluding hydrogens is 165 g/mol. The molecule has 0 saturated carbocycles. The summed E-state index contributed by atoms with van der Waals surface area (Å²) in [5.74, 6) is -0.0463. The number of carbonyl (C=O) groups is 2. The Balaban J connectivity index is 0. The molecule has 0 spiro atoms. The first-order valence-electron chi connectivity index (χ1n) is 2.19. The SMILES string of the molecule is O=C1CCC(=O)[NH2+]1.[Cl-].[Cl-]. The molecule has 0 aliphatic carbocycles. The van der Waals surface area contributed by atoms with Gasteiger partial charge in [0.15, 0.2) is 0 Å². The molecule has 1 saturated heterocycles. The van der Waals surface area contributed by atoms with Crippen LogP contribution in [0.5, 0.6) is 0 Å². The molecule has 3 nitrogen and oxygen atoms in total. The molecule has 0 bridgehead atoms. The van der Waals surface area contributed by atoms with Crippen molar-refractivity contribution in [3.63, 3.8) is 0 Å². The third kappa shape index (κ3) is 3.46. The molecule has 0 aromatic heterocycles. The number of rotatable bonds is 0. The van der Waals surface area contributed by atoms with E-state index in [1.165, 1.54) is 5.32 Å². The van der Waals surface area contributed by atoms with Gasteiger partial charge in [-0.25, -0.2) is 14.9 Å². The summed E-state index contributed by atoms with van der Waals surface area (Å²) in [6, 6.07) is 0. The summed E-state index contributed by atoms with van der Waals surface area (Å²) in [6.07, 6.45) is 0.859. The molecule has 0 atom stereocenters. The van der Waals surface area contributed by atoms with Crippen LogP contribution >= 0.6 is 0 Å². The number of amides is 2. The predicted molar refractivity (Wildman–Crippen MR) is 21.2 cm³/mol. The van der Waals surface area contributed by atoms with Crippen molar-refractivity contribution in [2.45, 2.75) is 12.8 Å². The molecule has 54 valence electrons. The lowest BCUT2D eigenvalue weighted by molar-refractivity contribution is -0.476. The summed E-state index contributed by atoms with van der Waals surface area (Å²) in [5.41, 5.74) is 0. The van der Waals surface area contributed by atoms with Crippen LogP contribution in [0.2, 0.25) is 0 Å². The second-order valence-corrected chi connectivity index (χ2v) is 1.58. The second-order valence-electron chi connectivity index (χ2n) is 1.58. The Morgan fingerprint density at radius 2 is 1.33 bits per heavy atom. The van der Waals surface area contributed by atoms with E-state index in [0.717, 1.165) is 0 Å². The maximum atomic E-state index is 10.2. The van der Waals surface area contributed by atoms with Crippen LogP contribution in [0, 0.1) is 0 Å². The standard InChI is InChI=1S/C4H5NO2.2ClH/c6-3-1-2-4(7)5-3;;/h1-2H2,(H,5,6,7);2*1H/p-1. The summed E-state index contributed by atoms with van der Waals surface area (Å²) in [5, 5.41) is 1.17. The minimum Gasteiger partial charge on any atom is -1.00 e. The number of imide groups is 1. The van der Waals surface area contributed by atoms with Gasteiger partial charge in [-0.15, -0.1) is 0 Å². The van der Waals surface area contributed by atoms with Crippen molar-refractivity contribution >= 4 is 11.8 Å². The molecule has 0 radical (unpaired) electrons. The van der Waals surface area contributed by atoms with Crippen LogP contribution in [0.4, 0.5) is 0 Å². The van der Waals surface area contributed by atoms with Crippen molar-refractivity contribution in [3.05, 3.63) is 0 Å². The van der Waals surface area contributed by atoms with Crippen LogP contribution in [-0.2, 0) is 9.59 Å². The van der Waals surface area contributed by atoms with Crippen LogP contribution in [0.15, 0.2) is 0 Å². The topological polar surface area (TPSA) is 50.8 Å². The molecule has 1 aliphatic rings. The van der Waals surface area contributed by atoms with E-state index in [-0.39, 0.29) is 36.6 Å². The van der Waals surface area contributed by atoms with Crippen molar-refractivity contribution in [1.82, 2.24) is 0 Å². The number of halogens is 2. The number of carbonyl (C=O) groups excluding carboxylic acids is 2. The van der Waals surface area contributed by atoms with Gasteiger partial charge in [-0.1, -0.05) is 0 Å². The summed E-state index contributed by atoms with van der Waals surface area (Å²) in [7, 11) is 0. The van der Waals surface area contributed by atoms with Crippen LogP contribution in [0.1, 0.15) is 12.8 Å². The minimum absolute atomic E-state index is 0. The zero-order chi connectivity index (χ0) is 5.28. The molecule has 0 aromatic carbocycles.